The molecule has 1 heteroatoms. The maximum Gasteiger partial charge on any atom is -0.0134 e. The average Bonchev–Trinajstić information content (AvgIpc) is 2.58. The normalized spacial score (nSPS) is 10.5. The maximum absolute atomic E-state index is 3.83. The summed E-state index contributed by atoms with van der Waals surface area (Å²) in [5.74, 6) is 0. The molecule has 0 aromatic heterocycles. The van der Waals surface area contributed by atoms with Crippen molar-refractivity contribution in [2.24, 2.45) is 0 Å². The Bertz CT molecular complexity index is 660. The molecule has 3 aromatic rings. The third kappa shape index (κ3) is 3.12. The first-order valence-corrected chi connectivity index (χ1v) is 8.35. The van der Waals surface area contributed by atoms with E-state index >= 15 is 0 Å². The first kappa shape index (κ1) is 13.8. The van der Waals surface area contributed by atoms with Crippen LogP contribution in [0.4, 0.5) is 0 Å². The smallest absolute Gasteiger partial charge is 0.0134 e. The fourth-order valence-electron chi connectivity index (χ4n) is 2.36. The Morgan fingerprint density at radius 2 is 1.00 bits per heavy atom. The van der Waals surface area contributed by atoms with Gasteiger partial charge in [0.2, 0.25) is 0 Å². The predicted octanol–water partition coefficient (Wildman–Crippen LogP) is 4.09. The summed E-state index contributed by atoms with van der Waals surface area (Å²) >= 11 is 0. The molecule has 0 fully saturated rings. The zero-order chi connectivity index (χ0) is 14.5. The van der Waals surface area contributed by atoms with Crippen LogP contribution in [-0.4, -0.2) is 0 Å². The Labute approximate surface area is 127 Å². The second-order valence-corrected chi connectivity index (χ2v) is 7.02. The highest BCUT2D eigenvalue weighted by atomic mass is 31.1. The predicted molar refractivity (Wildman–Crippen MR) is 95.2 cm³/mol. The van der Waals surface area contributed by atoms with Crippen LogP contribution in [0.2, 0.25) is 0 Å². The average molecular weight is 288 g/mol. The first-order chi connectivity index (χ1) is 10.4. The van der Waals surface area contributed by atoms with Gasteiger partial charge in [0.25, 0.3) is 0 Å². The van der Waals surface area contributed by atoms with Crippen LogP contribution in [0.3, 0.4) is 0 Å². The van der Waals surface area contributed by atoms with Gasteiger partial charge in [0.05, 0.1) is 0 Å². The molecule has 0 unspecified atom stereocenters. The van der Waals surface area contributed by atoms with Gasteiger partial charge in [-0.15, -0.1) is 0 Å². The molecule has 0 aliphatic rings. The minimum atomic E-state index is -0.498. The Morgan fingerprint density at radius 3 is 1.43 bits per heavy atom. The highest BCUT2D eigenvalue weighted by molar-refractivity contribution is 7.79. The minimum absolute atomic E-state index is 0.498. The summed E-state index contributed by atoms with van der Waals surface area (Å²) in [7, 11) is -0.498. The lowest BCUT2D eigenvalue weighted by atomic mass is 10.2. The molecule has 21 heavy (non-hydrogen) atoms. The van der Waals surface area contributed by atoms with Crippen molar-refractivity contribution in [1.29, 1.82) is 0 Å². The molecule has 3 aromatic carbocycles. The summed E-state index contributed by atoms with van der Waals surface area (Å²) < 4.78 is 0. The van der Waals surface area contributed by atoms with Crippen LogP contribution in [0, 0.1) is 0 Å². The van der Waals surface area contributed by atoms with Gasteiger partial charge in [-0.2, -0.15) is 0 Å². The Morgan fingerprint density at radius 1 is 0.571 bits per heavy atom. The zero-order valence-corrected chi connectivity index (χ0v) is 12.7. The topological polar surface area (TPSA) is 0 Å². The van der Waals surface area contributed by atoms with E-state index in [4.69, 9.17) is 0 Å². The lowest BCUT2D eigenvalue weighted by Crippen LogP contribution is -2.20. The van der Waals surface area contributed by atoms with Crippen molar-refractivity contribution >= 4 is 29.9 Å². The quantitative estimate of drug-likeness (QED) is 0.634. The van der Waals surface area contributed by atoms with E-state index in [1.54, 1.807) is 0 Å². The van der Waals surface area contributed by atoms with E-state index in [0.29, 0.717) is 0 Å². The Kier molecular flexibility index (Phi) is 4.28. The number of hydrogen-bond acceptors (Lipinski definition) is 0. The van der Waals surface area contributed by atoms with Crippen molar-refractivity contribution in [1.82, 2.24) is 0 Å². The van der Waals surface area contributed by atoms with E-state index in [-0.39, 0.29) is 0 Å². The second-order valence-electron chi connectivity index (χ2n) is 4.80. The van der Waals surface area contributed by atoms with Crippen molar-refractivity contribution < 1.29 is 0 Å². The van der Waals surface area contributed by atoms with E-state index < -0.39 is 7.92 Å². The van der Waals surface area contributed by atoms with Crippen molar-refractivity contribution in [3.63, 3.8) is 0 Å². The standard InChI is InChI=1S/C20H17P/c1-2-17-13-15-20(16-14-17)21(18-9-5-3-6-10-18)19-11-7-4-8-12-19/h2-16H,1H2. The summed E-state index contributed by atoms with van der Waals surface area (Å²) in [5, 5.41) is 4.13. The first-order valence-electron chi connectivity index (χ1n) is 7.01. The molecule has 0 saturated carbocycles. The van der Waals surface area contributed by atoms with Crippen LogP contribution >= 0.6 is 7.92 Å². The minimum Gasteiger partial charge on any atom is -0.0985 e. The lowest BCUT2D eigenvalue weighted by Gasteiger charge is -2.19. The third-order valence-corrected chi connectivity index (χ3v) is 5.86. The summed E-state index contributed by atoms with van der Waals surface area (Å²) in [4.78, 5) is 0. The molecule has 0 heterocycles. The maximum atomic E-state index is 3.83. The summed E-state index contributed by atoms with van der Waals surface area (Å²) in [6.45, 7) is 3.83. The van der Waals surface area contributed by atoms with Crippen LogP contribution in [0.15, 0.2) is 91.5 Å². The highest BCUT2D eigenvalue weighted by Gasteiger charge is 2.15. The molecule has 0 aliphatic heterocycles. The highest BCUT2D eigenvalue weighted by Crippen LogP contribution is 2.32. The molecule has 0 bridgehead atoms. The summed E-state index contributed by atoms with van der Waals surface area (Å²) in [5.41, 5.74) is 1.16. The van der Waals surface area contributed by atoms with Gasteiger partial charge in [0.15, 0.2) is 0 Å². The van der Waals surface area contributed by atoms with Gasteiger partial charge in [-0.3, -0.25) is 0 Å². The van der Waals surface area contributed by atoms with Gasteiger partial charge in [-0.25, -0.2) is 0 Å². The van der Waals surface area contributed by atoms with Crippen molar-refractivity contribution in [3.05, 3.63) is 97.1 Å². The molecule has 0 aliphatic carbocycles. The number of rotatable bonds is 4. The molecule has 0 atom stereocenters. The van der Waals surface area contributed by atoms with Gasteiger partial charge < -0.3 is 0 Å². The van der Waals surface area contributed by atoms with E-state index in [1.165, 1.54) is 15.9 Å². The van der Waals surface area contributed by atoms with E-state index in [0.717, 1.165) is 5.56 Å². The largest absolute Gasteiger partial charge is 0.0985 e. The van der Waals surface area contributed by atoms with Crippen LogP contribution in [-0.2, 0) is 0 Å². The third-order valence-electron chi connectivity index (χ3n) is 3.42. The Balaban J connectivity index is 2.09. The van der Waals surface area contributed by atoms with Crippen molar-refractivity contribution in [2.75, 3.05) is 0 Å². The molecule has 102 valence electrons. The van der Waals surface area contributed by atoms with Crippen molar-refractivity contribution in [3.8, 4) is 0 Å². The monoisotopic (exact) mass is 288 g/mol. The fraction of sp³-hybridized carbons (Fsp3) is 0. The number of benzene rings is 3. The molecular formula is C20H17P. The second kappa shape index (κ2) is 6.52. The van der Waals surface area contributed by atoms with Gasteiger partial charge >= 0.3 is 0 Å². The lowest BCUT2D eigenvalue weighted by molar-refractivity contribution is 1.70. The molecule has 3 rings (SSSR count). The molecule has 0 nitrogen and oxygen atoms in total. The van der Waals surface area contributed by atoms with Crippen LogP contribution < -0.4 is 15.9 Å². The van der Waals surface area contributed by atoms with Crippen molar-refractivity contribution in [2.45, 2.75) is 0 Å². The molecule has 0 N–H and O–H groups in total. The SMILES string of the molecule is C=Cc1ccc(P(c2ccccc2)c2ccccc2)cc1. The van der Waals surface area contributed by atoms with Crippen LogP contribution in [0.25, 0.3) is 6.08 Å². The van der Waals surface area contributed by atoms with Gasteiger partial charge in [0, 0.05) is 0 Å². The molecular weight excluding hydrogens is 271 g/mol. The summed E-state index contributed by atoms with van der Waals surface area (Å²) in [6.07, 6.45) is 1.89. The van der Waals surface area contributed by atoms with Gasteiger partial charge in [-0.05, 0) is 29.4 Å². The Hall–Kier alpha value is -2.17. The van der Waals surface area contributed by atoms with Gasteiger partial charge in [-0.1, -0.05) is 97.6 Å². The summed E-state index contributed by atoms with van der Waals surface area (Å²) in [6, 6.07) is 30.2. The fourth-order valence-corrected chi connectivity index (χ4v) is 4.64. The zero-order valence-electron chi connectivity index (χ0n) is 11.8. The van der Waals surface area contributed by atoms with Crippen LogP contribution in [0.5, 0.6) is 0 Å². The molecule has 0 saturated heterocycles. The molecule has 0 radical (unpaired) electrons. The molecule has 0 spiro atoms. The van der Waals surface area contributed by atoms with E-state index in [9.17, 15) is 0 Å². The molecule has 0 amide bonds. The number of hydrogen-bond donors (Lipinski definition) is 0. The van der Waals surface area contributed by atoms with E-state index in [1.807, 2.05) is 6.08 Å². The van der Waals surface area contributed by atoms with Gasteiger partial charge in [0.1, 0.15) is 0 Å². The van der Waals surface area contributed by atoms with Crippen LogP contribution in [0.1, 0.15) is 5.56 Å². The van der Waals surface area contributed by atoms with E-state index in [2.05, 4.69) is 91.5 Å².